The maximum atomic E-state index is 11.8. The van der Waals surface area contributed by atoms with Crippen molar-refractivity contribution >= 4 is 29.7 Å². The fourth-order valence-electron chi connectivity index (χ4n) is 1.86. The summed E-state index contributed by atoms with van der Waals surface area (Å²) in [4.78, 5) is 22.8. The Kier molecular flexibility index (Phi) is 6.98. The van der Waals surface area contributed by atoms with Crippen LogP contribution in [0.5, 0.6) is 5.75 Å². The fraction of sp³-hybridized carbons (Fsp3) is 0.167. The van der Waals surface area contributed by atoms with Crippen molar-refractivity contribution in [2.45, 2.75) is 6.42 Å². The van der Waals surface area contributed by atoms with E-state index in [0.717, 1.165) is 11.1 Å². The number of nitrogens with one attached hydrogen (secondary N) is 1. The first-order chi connectivity index (χ1) is 12.1. The number of halogens is 1. The molecule has 2 rings (SSSR count). The highest BCUT2D eigenvalue weighted by Gasteiger charge is 2.03. The van der Waals surface area contributed by atoms with Crippen molar-refractivity contribution in [1.82, 2.24) is 5.43 Å². The third kappa shape index (κ3) is 6.64. The molecule has 0 aliphatic heterocycles. The van der Waals surface area contributed by atoms with Gasteiger partial charge in [0.05, 0.1) is 19.7 Å². The highest BCUT2D eigenvalue weighted by molar-refractivity contribution is 6.30. The summed E-state index contributed by atoms with van der Waals surface area (Å²) in [6, 6.07) is 13.9. The molecule has 0 aliphatic rings. The Balaban J connectivity index is 1.80. The molecule has 25 heavy (non-hydrogen) atoms. The van der Waals surface area contributed by atoms with Crippen LogP contribution in [0.2, 0.25) is 5.02 Å². The van der Waals surface area contributed by atoms with Crippen molar-refractivity contribution in [3.05, 3.63) is 64.7 Å². The third-order valence-corrected chi connectivity index (χ3v) is 3.40. The summed E-state index contributed by atoms with van der Waals surface area (Å²) >= 11 is 5.80. The van der Waals surface area contributed by atoms with E-state index in [1.807, 2.05) is 0 Å². The largest absolute Gasteiger partial charge is 0.482 e. The number of esters is 1. The number of hydrogen-bond acceptors (Lipinski definition) is 5. The number of methoxy groups -OCH3 is 1. The van der Waals surface area contributed by atoms with E-state index in [-0.39, 0.29) is 18.9 Å². The smallest absolute Gasteiger partial charge is 0.343 e. The molecule has 0 unspecified atom stereocenters. The van der Waals surface area contributed by atoms with E-state index in [9.17, 15) is 9.59 Å². The first-order valence-electron chi connectivity index (χ1n) is 7.43. The van der Waals surface area contributed by atoms with E-state index < -0.39 is 5.97 Å². The lowest BCUT2D eigenvalue weighted by Crippen LogP contribution is -2.19. The van der Waals surface area contributed by atoms with E-state index in [2.05, 4.69) is 15.3 Å². The fourth-order valence-corrected chi connectivity index (χ4v) is 1.98. The summed E-state index contributed by atoms with van der Waals surface area (Å²) in [5.41, 5.74) is 4.09. The Bertz CT molecular complexity index is 743. The van der Waals surface area contributed by atoms with Crippen LogP contribution >= 0.6 is 11.6 Å². The number of carbonyl (C=O) groups is 2. The van der Waals surface area contributed by atoms with Crippen LogP contribution in [0.3, 0.4) is 0 Å². The van der Waals surface area contributed by atoms with Crippen LogP contribution in [0.4, 0.5) is 0 Å². The molecule has 0 radical (unpaired) electrons. The molecule has 0 fully saturated rings. The minimum Gasteiger partial charge on any atom is -0.482 e. The second-order valence-corrected chi connectivity index (χ2v) is 5.47. The predicted molar refractivity (Wildman–Crippen MR) is 94.8 cm³/mol. The lowest BCUT2D eigenvalue weighted by Gasteiger charge is -2.04. The van der Waals surface area contributed by atoms with Gasteiger partial charge in [0, 0.05) is 5.02 Å². The van der Waals surface area contributed by atoms with Gasteiger partial charge in [-0.1, -0.05) is 23.7 Å². The highest BCUT2D eigenvalue weighted by atomic mass is 35.5. The SMILES string of the molecule is COC(=O)COc1ccc(/C=N\NC(=O)Cc2ccc(Cl)cc2)cc1. The Morgan fingerprint density at radius 3 is 2.44 bits per heavy atom. The topological polar surface area (TPSA) is 77.0 Å². The van der Waals surface area contributed by atoms with Crippen LogP contribution < -0.4 is 10.2 Å². The van der Waals surface area contributed by atoms with Gasteiger partial charge in [-0.15, -0.1) is 0 Å². The number of amides is 1. The predicted octanol–water partition coefficient (Wildman–Crippen LogP) is 2.58. The van der Waals surface area contributed by atoms with E-state index in [1.54, 1.807) is 48.5 Å². The minimum absolute atomic E-state index is 0.148. The summed E-state index contributed by atoms with van der Waals surface area (Å²) in [5, 5.41) is 4.53. The van der Waals surface area contributed by atoms with Crippen LogP contribution in [0.1, 0.15) is 11.1 Å². The molecule has 2 aromatic rings. The molecule has 0 spiro atoms. The Morgan fingerprint density at radius 2 is 1.80 bits per heavy atom. The summed E-state index contributed by atoms with van der Waals surface area (Å²) in [6.07, 6.45) is 1.73. The molecule has 0 aliphatic carbocycles. The lowest BCUT2D eigenvalue weighted by molar-refractivity contribution is -0.142. The molecule has 0 saturated heterocycles. The molecule has 0 saturated carbocycles. The van der Waals surface area contributed by atoms with Crippen LogP contribution in [0.15, 0.2) is 53.6 Å². The maximum Gasteiger partial charge on any atom is 0.343 e. The van der Waals surface area contributed by atoms with Gasteiger partial charge in [-0.05, 0) is 47.5 Å². The minimum atomic E-state index is -0.450. The zero-order valence-corrected chi connectivity index (χ0v) is 14.3. The molecule has 0 heterocycles. The van der Waals surface area contributed by atoms with Gasteiger partial charge in [0.25, 0.3) is 0 Å². The van der Waals surface area contributed by atoms with Gasteiger partial charge in [-0.3, -0.25) is 4.79 Å². The summed E-state index contributed by atoms with van der Waals surface area (Å²) in [7, 11) is 1.30. The maximum absolute atomic E-state index is 11.8. The highest BCUT2D eigenvalue weighted by Crippen LogP contribution is 2.11. The van der Waals surface area contributed by atoms with Gasteiger partial charge in [-0.2, -0.15) is 5.10 Å². The number of nitrogens with zero attached hydrogens (tertiary/aromatic N) is 1. The van der Waals surface area contributed by atoms with Crippen LogP contribution in [0, 0.1) is 0 Å². The average Bonchev–Trinajstić information content (AvgIpc) is 2.62. The number of carbonyl (C=O) groups excluding carboxylic acids is 2. The van der Waals surface area contributed by atoms with E-state index in [1.165, 1.54) is 13.3 Å². The summed E-state index contributed by atoms with van der Waals surface area (Å²) in [6.45, 7) is -0.148. The van der Waals surface area contributed by atoms with Crippen molar-refractivity contribution < 1.29 is 19.1 Å². The lowest BCUT2D eigenvalue weighted by atomic mass is 10.1. The third-order valence-electron chi connectivity index (χ3n) is 3.15. The quantitative estimate of drug-likeness (QED) is 0.467. The van der Waals surface area contributed by atoms with Crippen LogP contribution in [0.25, 0.3) is 0 Å². The summed E-state index contributed by atoms with van der Waals surface area (Å²) < 4.78 is 9.72. The van der Waals surface area contributed by atoms with E-state index in [4.69, 9.17) is 16.3 Å². The van der Waals surface area contributed by atoms with Crippen molar-refractivity contribution in [3.63, 3.8) is 0 Å². The standard InChI is InChI=1S/C18H17ClN2O4/c1-24-18(23)12-25-16-8-4-14(5-9-16)11-20-21-17(22)10-13-2-6-15(19)7-3-13/h2-9,11H,10,12H2,1H3,(H,21,22)/b20-11-. The number of rotatable bonds is 7. The zero-order valence-electron chi connectivity index (χ0n) is 13.6. The monoisotopic (exact) mass is 360 g/mol. The van der Waals surface area contributed by atoms with E-state index >= 15 is 0 Å². The van der Waals surface area contributed by atoms with Crippen LogP contribution in [-0.4, -0.2) is 31.8 Å². The molecule has 6 nitrogen and oxygen atoms in total. The molecule has 2 aromatic carbocycles. The number of ether oxygens (including phenoxy) is 2. The van der Waals surface area contributed by atoms with Crippen LogP contribution in [-0.2, 0) is 20.7 Å². The van der Waals surface area contributed by atoms with Gasteiger partial charge in [-0.25, -0.2) is 10.2 Å². The molecular weight excluding hydrogens is 344 g/mol. The molecule has 1 N–H and O–H groups in total. The molecular formula is C18H17ClN2O4. The van der Waals surface area contributed by atoms with Crippen molar-refractivity contribution in [2.24, 2.45) is 5.10 Å². The second kappa shape index (κ2) is 9.44. The molecule has 0 aromatic heterocycles. The zero-order chi connectivity index (χ0) is 18.1. The summed E-state index contributed by atoms with van der Waals surface area (Å²) in [5.74, 6) is -0.139. The Morgan fingerprint density at radius 1 is 1.12 bits per heavy atom. The van der Waals surface area contributed by atoms with E-state index in [0.29, 0.717) is 10.8 Å². The number of hydrogen-bond donors (Lipinski definition) is 1. The van der Waals surface area contributed by atoms with Gasteiger partial charge >= 0.3 is 5.97 Å². The van der Waals surface area contributed by atoms with Gasteiger partial charge in [0.1, 0.15) is 5.75 Å². The first-order valence-corrected chi connectivity index (χ1v) is 7.80. The molecule has 1 amide bonds. The number of benzene rings is 2. The average molecular weight is 361 g/mol. The van der Waals surface area contributed by atoms with Crippen molar-refractivity contribution in [2.75, 3.05) is 13.7 Å². The Labute approximate surface area is 150 Å². The van der Waals surface area contributed by atoms with Gasteiger partial charge in [0.2, 0.25) is 5.91 Å². The second-order valence-electron chi connectivity index (χ2n) is 5.03. The number of hydrazone groups is 1. The molecule has 0 bridgehead atoms. The molecule has 0 atom stereocenters. The van der Waals surface area contributed by atoms with Crippen molar-refractivity contribution in [3.8, 4) is 5.75 Å². The normalized spacial score (nSPS) is 10.5. The van der Waals surface area contributed by atoms with Gasteiger partial charge in [0.15, 0.2) is 6.61 Å². The molecule has 130 valence electrons. The molecule has 7 heteroatoms. The van der Waals surface area contributed by atoms with Crippen molar-refractivity contribution in [1.29, 1.82) is 0 Å². The first kappa shape index (κ1) is 18.5. The Hall–Kier alpha value is -2.86. The van der Waals surface area contributed by atoms with Gasteiger partial charge < -0.3 is 9.47 Å².